The molecule has 2 heterocycles. The molecule has 0 bridgehead atoms. The van der Waals surface area contributed by atoms with E-state index in [0.717, 1.165) is 23.2 Å². The fourth-order valence-corrected chi connectivity index (χ4v) is 2.34. The van der Waals surface area contributed by atoms with Crippen LogP contribution < -0.4 is 10.6 Å². The number of aromatic nitrogens is 1. The quantitative estimate of drug-likeness (QED) is 0.893. The van der Waals surface area contributed by atoms with Gasteiger partial charge in [-0.3, -0.25) is 14.6 Å². The molecule has 1 aliphatic heterocycles. The highest BCUT2D eigenvalue weighted by Crippen LogP contribution is 2.23. The molecule has 0 atom stereocenters. The van der Waals surface area contributed by atoms with E-state index >= 15 is 0 Å². The normalized spacial score (nSPS) is 12.7. The minimum absolute atomic E-state index is 0.0276. The van der Waals surface area contributed by atoms with Crippen molar-refractivity contribution < 1.29 is 9.59 Å². The van der Waals surface area contributed by atoms with E-state index in [1.807, 2.05) is 12.1 Å². The van der Waals surface area contributed by atoms with E-state index in [-0.39, 0.29) is 11.8 Å². The molecular weight excluding hydrogens is 266 g/mol. The zero-order chi connectivity index (χ0) is 14.7. The molecule has 1 aromatic carbocycles. The molecule has 0 aliphatic carbocycles. The Labute approximate surface area is 122 Å². The monoisotopic (exact) mass is 281 g/mol. The molecule has 1 aliphatic rings. The van der Waals surface area contributed by atoms with Gasteiger partial charge in [-0.25, -0.2) is 0 Å². The molecule has 0 fully saturated rings. The fraction of sp³-hybridized carbons (Fsp3) is 0.188. The zero-order valence-electron chi connectivity index (χ0n) is 11.4. The van der Waals surface area contributed by atoms with E-state index in [1.165, 1.54) is 0 Å². The third-order valence-corrected chi connectivity index (χ3v) is 3.44. The van der Waals surface area contributed by atoms with E-state index in [4.69, 9.17) is 0 Å². The van der Waals surface area contributed by atoms with Crippen LogP contribution in [0.1, 0.15) is 21.5 Å². The Hall–Kier alpha value is -2.69. The zero-order valence-corrected chi connectivity index (χ0v) is 11.4. The summed E-state index contributed by atoms with van der Waals surface area (Å²) < 4.78 is 0. The fourth-order valence-electron chi connectivity index (χ4n) is 2.34. The van der Waals surface area contributed by atoms with E-state index < -0.39 is 0 Å². The Morgan fingerprint density at radius 2 is 2.05 bits per heavy atom. The van der Waals surface area contributed by atoms with Crippen molar-refractivity contribution >= 4 is 17.5 Å². The second-order valence-corrected chi connectivity index (χ2v) is 4.96. The van der Waals surface area contributed by atoms with Crippen LogP contribution in [-0.2, 0) is 17.6 Å². The molecule has 21 heavy (non-hydrogen) atoms. The average Bonchev–Trinajstić information content (AvgIpc) is 2.87. The number of rotatable bonds is 4. The van der Waals surface area contributed by atoms with Gasteiger partial charge in [0.1, 0.15) is 0 Å². The molecule has 5 heteroatoms. The van der Waals surface area contributed by atoms with E-state index in [2.05, 4.69) is 15.6 Å². The maximum Gasteiger partial charge on any atom is 0.251 e. The van der Waals surface area contributed by atoms with Crippen LogP contribution in [0.3, 0.4) is 0 Å². The van der Waals surface area contributed by atoms with Gasteiger partial charge in [-0.2, -0.15) is 0 Å². The Morgan fingerprint density at radius 1 is 1.24 bits per heavy atom. The maximum atomic E-state index is 12.1. The number of hydrogen-bond donors (Lipinski definition) is 2. The predicted octanol–water partition coefficient (Wildman–Crippen LogP) is 1.55. The summed E-state index contributed by atoms with van der Waals surface area (Å²) >= 11 is 0. The molecule has 0 saturated carbocycles. The Morgan fingerprint density at radius 3 is 2.86 bits per heavy atom. The Kier molecular flexibility index (Phi) is 3.64. The highest BCUT2D eigenvalue weighted by Gasteiger charge is 2.18. The summed E-state index contributed by atoms with van der Waals surface area (Å²) in [6, 6.07) is 9.14. The van der Waals surface area contributed by atoms with Crippen LogP contribution >= 0.6 is 0 Å². The van der Waals surface area contributed by atoms with Crippen LogP contribution in [0.2, 0.25) is 0 Å². The van der Waals surface area contributed by atoms with Gasteiger partial charge < -0.3 is 10.6 Å². The molecule has 0 radical (unpaired) electrons. The van der Waals surface area contributed by atoms with Crippen molar-refractivity contribution in [1.29, 1.82) is 0 Å². The molecule has 0 unspecified atom stereocenters. The van der Waals surface area contributed by atoms with Gasteiger partial charge in [-0.05, 0) is 47.9 Å². The maximum absolute atomic E-state index is 12.1. The smallest absolute Gasteiger partial charge is 0.251 e. The van der Waals surface area contributed by atoms with Crippen molar-refractivity contribution in [3.05, 3.63) is 59.4 Å². The summed E-state index contributed by atoms with van der Waals surface area (Å²) in [5, 5.41) is 5.64. The Balaban J connectivity index is 1.59. The van der Waals surface area contributed by atoms with Crippen molar-refractivity contribution in [1.82, 2.24) is 10.3 Å². The van der Waals surface area contributed by atoms with Crippen LogP contribution in [0.25, 0.3) is 0 Å². The number of amides is 2. The SMILES string of the molecule is O=C1Cc2cc(C(=O)NCCc3ccncc3)ccc2N1. The Bertz CT molecular complexity index is 683. The van der Waals surface area contributed by atoms with Crippen molar-refractivity contribution in [2.45, 2.75) is 12.8 Å². The first-order valence-electron chi connectivity index (χ1n) is 6.82. The summed E-state index contributed by atoms with van der Waals surface area (Å²) in [4.78, 5) is 27.3. The second-order valence-electron chi connectivity index (χ2n) is 4.96. The van der Waals surface area contributed by atoms with Crippen molar-refractivity contribution in [3.8, 4) is 0 Å². The highest BCUT2D eigenvalue weighted by molar-refractivity contribution is 6.01. The van der Waals surface area contributed by atoms with Crippen LogP contribution in [-0.4, -0.2) is 23.3 Å². The number of benzene rings is 1. The van der Waals surface area contributed by atoms with Crippen molar-refractivity contribution in [2.24, 2.45) is 0 Å². The highest BCUT2D eigenvalue weighted by atomic mass is 16.2. The van der Waals surface area contributed by atoms with Gasteiger partial charge in [0.05, 0.1) is 6.42 Å². The third-order valence-electron chi connectivity index (χ3n) is 3.44. The number of anilines is 1. The predicted molar refractivity (Wildman–Crippen MR) is 79.0 cm³/mol. The molecule has 0 spiro atoms. The van der Waals surface area contributed by atoms with Gasteiger partial charge in [0.25, 0.3) is 5.91 Å². The van der Waals surface area contributed by atoms with Crippen molar-refractivity contribution in [3.63, 3.8) is 0 Å². The van der Waals surface area contributed by atoms with Crippen LogP contribution in [0.4, 0.5) is 5.69 Å². The van der Waals surface area contributed by atoms with E-state index in [9.17, 15) is 9.59 Å². The number of carbonyl (C=O) groups excluding carboxylic acids is 2. The summed E-state index contributed by atoms with van der Waals surface area (Å²) in [6.07, 6.45) is 4.58. The molecule has 1 aromatic heterocycles. The minimum Gasteiger partial charge on any atom is -0.352 e. The molecule has 2 N–H and O–H groups in total. The van der Waals surface area contributed by atoms with Gasteiger partial charge in [0.15, 0.2) is 0 Å². The molecule has 3 rings (SSSR count). The average molecular weight is 281 g/mol. The van der Waals surface area contributed by atoms with Gasteiger partial charge in [-0.1, -0.05) is 0 Å². The minimum atomic E-state index is -0.119. The summed E-state index contributed by atoms with van der Waals surface area (Å²) in [7, 11) is 0. The van der Waals surface area contributed by atoms with Crippen LogP contribution in [0.15, 0.2) is 42.7 Å². The summed E-state index contributed by atoms with van der Waals surface area (Å²) in [5.41, 5.74) is 3.39. The lowest BCUT2D eigenvalue weighted by Gasteiger charge is -2.06. The van der Waals surface area contributed by atoms with Crippen LogP contribution in [0, 0.1) is 0 Å². The molecular formula is C16H15N3O2. The lowest BCUT2D eigenvalue weighted by Crippen LogP contribution is -2.25. The standard InChI is InChI=1S/C16H15N3O2/c20-15-10-13-9-12(1-2-14(13)19-15)16(21)18-8-5-11-3-6-17-7-4-11/h1-4,6-7,9H,5,8,10H2,(H,18,21)(H,19,20). The largest absolute Gasteiger partial charge is 0.352 e. The number of nitrogens with one attached hydrogen (secondary N) is 2. The van der Waals surface area contributed by atoms with E-state index in [1.54, 1.807) is 30.6 Å². The van der Waals surface area contributed by atoms with Gasteiger partial charge in [0, 0.05) is 30.2 Å². The summed E-state index contributed by atoms with van der Waals surface area (Å²) in [5.74, 6) is -0.147. The lowest BCUT2D eigenvalue weighted by atomic mass is 10.1. The molecule has 2 amide bonds. The first kappa shape index (κ1) is 13.3. The third kappa shape index (κ3) is 3.08. The lowest BCUT2D eigenvalue weighted by molar-refractivity contribution is -0.115. The molecule has 106 valence electrons. The van der Waals surface area contributed by atoms with Gasteiger partial charge >= 0.3 is 0 Å². The summed E-state index contributed by atoms with van der Waals surface area (Å²) in [6.45, 7) is 0.567. The van der Waals surface area contributed by atoms with Gasteiger partial charge in [-0.15, -0.1) is 0 Å². The number of hydrogen-bond acceptors (Lipinski definition) is 3. The first-order chi connectivity index (χ1) is 10.2. The molecule has 0 saturated heterocycles. The molecule has 2 aromatic rings. The second kappa shape index (κ2) is 5.75. The van der Waals surface area contributed by atoms with Crippen LogP contribution in [0.5, 0.6) is 0 Å². The number of carbonyl (C=O) groups is 2. The topological polar surface area (TPSA) is 71.1 Å². The van der Waals surface area contributed by atoms with Gasteiger partial charge in [0.2, 0.25) is 5.91 Å². The first-order valence-corrected chi connectivity index (χ1v) is 6.82. The molecule has 5 nitrogen and oxygen atoms in total. The number of pyridine rings is 1. The number of nitrogens with zero attached hydrogens (tertiary/aromatic N) is 1. The van der Waals surface area contributed by atoms with E-state index in [0.29, 0.717) is 18.5 Å². The number of fused-ring (bicyclic) bond motifs is 1. The van der Waals surface area contributed by atoms with Crippen molar-refractivity contribution in [2.75, 3.05) is 11.9 Å².